The molecule has 0 aliphatic carbocycles. The van der Waals surface area contributed by atoms with Crippen molar-refractivity contribution in [3.05, 3.63) is 12.2 Å². The highest BCUT2D eigenvalue weighted by atomic mass is 16.5. The molecule has 81 heavy (non-hydrogen) atoms. The monoisotopic (exact) mass is 1140 g/mol. The molecule has 0 saturated carbocycles. The predicted octanol–water partition coefficient (Wildman–Crippen LogP) is 24.3. The van der Waals surface area contributed by atoms with Crippen molar-refractivity contribution in [1.29, 1.82) is 0 Å². The molecule has 2 atom stereocenters. The van der Waals surface area contributed by atoms with Gasteiger partial charge in [-0.3, -0.25) is 9.59 Å². The van der Waals surface area contributed by atoms with Crippen LogP contribution in [-0.2, 0) is 14.3 Å². The maximum atomic E-state index is 12.5. The van der Waals surface area contributed by atoms with Crippen LogP contribution in [0.15, 0.2) is 12.2 Å². The van der Waals surface area contributed by atoms with Crippen molar-refractivity contribution < 1.29 is 24.5 Å². The van der Waals surface area contributed by atoms with Crippen LogP contribution in [0.2, 0.25) is 0 Å². The number of ether oxygens (including phenoxy) is 1. The van der Waals surface area contributed by atoms with Gasteiger partial charge in [0.1, 0.15) is 0 Å². The molecule has 0 spiro atoms. The third-order valence-corrected chi connectivity index (χ3v) is 17.8. The second-order valence-electron chi connectivity index (χ2n) is 26.0. The summed E-state index contributed by atoms with van der Waals surface area (Å²) in [6.45, 7) is 4.96. The minimum Gasteiger partial charge on any atom is -0.466 e. The van der Waals surface area contributed by atoms with Crippen molar-refractivity contribution in [3.63, 3.8) is 0 Å². The van der Waals surface area contributed by atoms with Crippen LogP contribution in [-0.4, -0.2) is 47.4 Å². The zero-order valence-corrected chi connectivity index (χ0v) is 55.3. The third-order valence-electron chi connectivity index (χ3n) is 17.8. The molecule has 0 aromatic carbocycles. The van der Waals surface area contributed by atoms with Crippen molar-refractivity contribution in [2.24, 2.45) is 0 Å². The average molecular weight is 1140 g/mol. The molecule has 0 radical (unpaired) electrons. The number of aliphatic hydroxyl groups excluding tert-OH is 2. The van der Waals surface area contributed by atoms with Gasteiger partial charge in [0.25, 0.3) is 0 Å². The minimum absolute atomic E-state index is 0.0204. The topological polar surface area (TPSA) is 95.9 Å². The first-order valence-corrected chi connectivity index (χ1v) is 37.5. The Morgan fingerprint density at radius 1 is 0.333 bits per heavy atom. The van der Waals surface area contributed by atoms with Crippen molar-refractivity contribution in [2.45, 2.75) is 443 Å². The lowest BCUT2D eigenvalue weighted by molar-refractivity contribution is -0.143. The number of aliphatic hydroxyl groups is 2. The molecule has 6 heteroatoms. The van der Waals surface area contributed by atoms with Gasteiger partial charge in [-0.1, -0.05) is 398 Å². The summed E-state index contributed by atoms with van der Waals surface area (Å²) in [5, 5.41) is 23.3. The van der Waals surface area contributed by atoms with E-state index in [9.17, 15) is 19.8 Å². The number of nitrogens with one attached hydrogen (secondary N) is 1. The van der Waals surface area contributed by atoms with Gasteiger partial charge in [0.05, 0.1) is 25.4 Å². The number of esters is 1. The number of amides is 1. The van der Waals surface area contributed by atoms with E-state index in [2.05, 4.69) is 19.2 Å². The summed E-state index contributed by atoms with van der Waals surface area (Å²) in [5.74, 6) is -0.0394. The molecule has 0 aromatic rings. The SMILES string of the molecule is CCCCCCCCCCCCCCCCCCCCCCCC/C=C/C(O)C(CO)NC(=O)CCCCCCCCCCCCCCCCCCCCCCCCCCCCCOC(=O)CCCCCCCCCCCCCCC. The number of hydrogen-bond acceptors (Lipinski definition) is 5. The molecule has 0 fully saturated rings. The standard InChI is InChI=1S/C75H147NO5/c1-3-5-7-9-11-13-15-17-18-19-20-21-22-28-31-34-37-40-44-47-51-55-59-63-67-73(78)72(71-77)76-74(79)68-64-60-56-52-48-45-41-38-35-32-29-26-24-23-25-27-30-33-36-39-42-46-50-54-58-62-66-70-81-75(80)69-65-61-57-53-49-43-16-14-12-10-8-6-4-2/h63,67,72-73,77-78H,3-62,64-66,68-71H2,1-2H3,(H,76,79)/b67-63+. The van der Waals surface area contributed by atoms with E-state index in [1.165, 1.54) is 366 Å². The first-order chi connectivity index (χ1) is 40.0. The molecule has 0 saturated heterocycles. The Labute approximate surface area is 508 Å². The van der Waals surface area contributed by atoms with E-state index in [0.29, 0.717) is 19.4 Å². The second kappa shape index (κ2) is 71.1. The van der Waals surface area contributed by atoms with Crippen LogP contribution in [0.5, 0.6) is 0 Å². The quantitative estimate of drug-likeness (QED) is 0.0320. The van der Waals surface area contributed by atoms with Gasteiger partial charge in [0.15, 0.2) is 0 Å². The Kier molecular flexibility index (Phi) is 69.9. The highest BCUT2D eigenvalue weighted by Gasteiger charge is 2.18. The Balaban J connectivity index is 3.37. The summed E-state index contributed by atoms with van der Waals surface area (Å²) in [6, 6.07) is -0.626. The molecule has 0 aliphatic heterocycles. The summed E-state index contributed by atoms with van der Waals surface area (Å²) >= 11 is 0. The molecule has 0 rings (SSSR count). The van der Waals surface area contributed by atoms with Crippen LogP contribution in [0, 0.1) is 0 Å². The predicted molar refractivity (Wildman–Crippen MR) is 357 cm³/mol. The van der Waals surface area contributed by atoms with Crippen molar-refractivity contribution >= 4 is 11.9 Å². The van der Waals surface area contributed by atoms with E-state index in [1.54, 1.807) is 6.08 Å². The summed E-state index contributed by atoms with van der Waals surface area (Å²) in [4.78, 5) is 24.6. The number of carbonyl (C=O) groups excluding carboxylic acids is 2. The maximum Gasteiger partial charge on any atom is 0.305 e. The van der Waals surface area contributed by atoms with E-state index < -0.39 is 12.1 Å². The summed E-state index contributed by atoms with van der Waals surface area (Å²) in [5.41, 5.74) is 0. The number of hydrogen-bond donors (Lipinski definition) is 3. The zero-order valence-electron chi connectivity index (χ0n) is 55.3. The molecule has 1 amide bonds. The highest BCUT2D eigenvalue weighted by molar-refractivity contribution is 5.76. The van der Waals surface area contributed by atoms with Gasteiger partial charge in [0, 0.05) is 12.8 Å². The van der Waals surface area contributed by atoms with Gasteiger partial charge >= 0.3 is 5.97 Å². The Morgan fingerprint density at radius 2 is 0.568 bits per heavy atom. The highest BCUT2D eigenvalue weighted by Crippen LogP contribution is 2.20. The molecule has 0 aliphatic rings. The molecular formula is C75H147NO5. The maximum absolute atomic E-state index is 12.5. The van der Waals surface area contributed by atoms with Crippen LogP contribution in [0.3, 0.4) is 0 Å². The van der Waals surface area contributed by atoms with Crippen LogP contribution < -0.4 is 5.32 Å². The Bertz CT molecular complexity index is 1220. The van der Waals surface area contributed by atoms with Crippen molar-refractivity contribution in [1.82, 2.24) is 5.32 Å². The number of allylic oxidation sites excluding steroid dienone is 1. The summed E-state index contributed by atoms with van der Waals surface area (Å²) < 4.78 is 5.49. The molecule has 482 valence electrons. The van der Waals surface area contributed by atoms with E-state index in [0.717, 1.165) is 38.5 Å². The number of carbonyl (C=O) groups is 2. The van der Waals surface area contributed by atoms with E-state index >= 15 is 0 Å². The fourth-order valence-corrected chi connectivity index (χ4v) is 12.1. The fourth-order valence-electron chi connectivity index (χ4n) is 12.1. The smallest absolute Gasteiger partial charge is 0.305 e. The van der Waals surface area contributed by atoms with Gasteiger partial charge in [-0.25, -0.2) is 0 Å². The van der Waals surface area contributed by atoms with Gasteiger partial charge < -0.3 is 20.3 Å². The Hall–Kier alpha value is -1.40. The fraction of sp³-hybridized carbons (Fsp3) is 0.947. The lowest BCUT2D eigenvalue weighted by Crippen LogP contribution is -2.45. The van der Waals surface area contributed by atoms with E-state index in [1.807, 2.05) is 6.08 Å². The van der Waals surface area contributed by atoms with Gasteiger partial charge in [-0.15, -0.1) is 0 Å². The normalized spacial score (nSPS) is 12.5. The van der Waals surface area contributed by atoms with Gasteiger partial charge in [-0.05, 0) is 32.1 Å². The Morgan fingerprint density at radius 3 is 0.840 bits per heavy atom. The molecule has 3 N–H and O–H groups in total. The third kappa shape index (κ3) is 67.6. The average Bonchev–Trinajstić information content (AvgIpc) is 3.47. The zero-order chi connectivity index (χ0) is 58.5. The van der Waals surface area contributed by atoms with Crippen molar-refractivity contribution in [3.8, 4) is 0 Å². The molecule has 0 heterocycles. The minimum atomic E-state index is -0.843. The molecular weight excluding hydrogens is 995 g/mol. The van der Waals surface area contributed by atoms with E-state index in [4.69, 9.17) is 4.74 Å². The van der Waals surface area contributed by atoms with E-state index in [-0.39, 0.29) is 18.5 Å². The van der Waals surface area contributed by atoms with Crippen LogP contribution in [0.25, 0.3) is 0 Å². The van der Waals surface area contributed by atoms with Gasteiger partial charge in [0.2, 0.25) is 5.91 Å². The number of unbranched alkanes of at least 4 members (excludes halogenated alkanes) is 60. The molecule has 0 aromatic heterocycles. The molecule has 0 bridgehead atoms. The first-order valence-electron chi connectivity index (χ1n) is 37.5. The molecule has 6 nitrogen and oxygen atoms in total. The second-order valence-corrected chi connectivity index (χ2v) is 26.0. The first kappa shape index (κ1) is 79.6. The summed E-state index contributed by atoms with van der Waals surface area (Å²) in [7, 11) is 0. The summed E-state index contributed by atoms with van der Waals surface area (Å²) in [6.07, 6.45) is 88.8. The van der Waals surface area contributed by atoms with Crippen LogP contribution in [0.4, 0.5) is 0 Å². The lowest BCUT2D eigenvalue weighted by Gasteiger charge is -2.20. The van der Waals surface area contributed by atoms with Gasteiger partial charge in [-0.2, -0.15) is 0 Å². The lowest BCUT2D eigenvalue weighted by atomic mass is 10.0. The molecule has 2 unspecified atom stereocenters. The largest absolute Gasteiger partial charge is 0.466 e. The van der Waals surface area contributed by atoms with Crippen LogP contribution in [0.1, 0.15) is 431 Å². The van der Waals surface area contributed by atoms with Crippen LogP contribution >= 0.6 is 0 Å². The number of rotatable bonds is 71. The van der Waals surface area contributed by atoms with Crippen molar-refractivity contribution in [2.75, 3.05) is 13.2 Å².